The van der Waals surface area contributed by atoms with Crippen LogP contribution in [0.4, 0.5) is 0 Å². The molecular weight excluding hydrogens is 272 g/mol. The SMILES string of the molecule is O=C(O)CC1(NC(=O)c2noc3c2CCCCC3)CCC1. The number of nitrogens with zero attached hydrogens (tertiary/aromatic N) is 1. The van der Waals surface area contributed by atoms with Crippen LogP contribution in [0.3, 0.4) is 0 Å². The molecule has 1 fully saturated rings. The zero-order valence-electron chi connectivity index (χ0n) is 12.0. The largest absolute Gasteiger partial charge is 0.481 e. The second kappa shape index (κ2) is 5.50. The van der Waals surface area contributed by atoms with E-state index in [2.05, 4.69) is 10.5 Å². The lowest BCUT2D eigenvalue weighted by Gasteiger charge is -2.41. The summed E-state index contributed by atoms with van der Waals surface area (Å²) in [5.41, 5.74) is 0.665. The van der Waals surface area contributed by atoms with E-state index in [4.69, 9.17) is 9.63 Å². The Kier molecular flexibility index (Phi) is 3.69. The number of hydrogen-bond donors (Lipinski definition) is 2. The summed E-state index contributed by atoms with van der Waals surface area (Å²) in [4.78, 5) is 23.4. The van der Waals surface area contributed by atoms with Crippen LogP contribution in [0.1, 0.15) is 66.8 Å². The molecule has 0 aliphatic heterocycles. The molecule has 1 aromatic rings. The zero-order valence-corrected chi connectivity index (χ0v) is 12.0. The van der Waals surface area contributed by atoms with E-state index in [0.717, 1.165) is 49.8 Å². The average molecular weight is 292 g/mol. The maximum atomic E-state index is 12.5. The number of rotatable bonds is 4. The normalized spacial score (nSPS) is 20.0. The predicted molar refractivity (Wildman–Crippen MR) is 74.1 cm³/mol. The minimum atomic E-state index is -0.881. The molecule has 0 atom stereocenters. The molecule has 6 heteroatoms. The molecule has 114 valence electrons. The first-order valence-corrected chi connectivity index (χ1v) is 7.61. The van der Waals surface area contributed by atoms with E-state index in [9.17, 15) is 9.59 Å². The van der Waals surface area contributed by atoms with Gasteiger partial charge in [0.2, 0.25) is 0 Å². The van der Waals surface area contributed by atoms with Gasteiger partial charge in [-0.05, 0) is 38.5 Å². The van der Waals surface area contributed by atoms with Crippen molar-refractivity contribution >= 4 is 11.9 Å². The molecule has 1 saturated carbocycles. The molecule has 0 spiro atoms. The number of carbonyl (C=O) groups is 2. The lowest BCUT2D eigenvalue weighted by molar-refractivity contribution is -0.139. The summed E-state index contributed by atoms with van der Waals surface area (Å²) >= 11 is 0. The second-order valence-electron chi connectivity index (χ2n) is 6.15. The van der Waals surface area contributed by atoms with Gasteiger partial charge in [-0.15, -0.1) is 0 Å². The average Bonchev–Trinajstić information content (AvgIpc) is 2.65. The summed E-state index contributed by atoms with van der Waals surface area (Å²) in [5, 5.41) is 15.8. The van der Waals surface area contributed by atoms with Gasteiger partial charge in [0.25, 0.3) is 5.91 Å². The highest BCUT2D eigenvalue weighted by Crippen LogP contribution is 2.35. The lowest BCUT2D eigenvalue weighted by Crippen LogP contribution is -2.54. The molecule has 6 nitrogen and oxygen atoms in total. The molecule has 0 saturated heterocycles. The van der Waals surface area contributed by atoms with Crippen LogP contribution in [0.25, 0.3) is 0 Å². The number of amides is 1. The Balaban J connectivity index is 1.76. The number of carboxylic acids is 1. The van der Waals surface area contributed by atoms with Crippen molar-refractivity contribution < 1.29 is 19.2 Å². The van der Waals surface area contributed by atoms with E-state index in [0.29, 0.717) is 18.5 Å². The van der Waals surface area contributed by atoms with Crippen molar-refractivity contribution in [3.63, 3.8) is 0 Å². The highest BCUT2D eigenvalue weighted by molar-refractivity contribution is 5.94. The minimum absolute atomic E-state index is 0.0290. The Bertz CT molecular complexity index is 560. The van der Waals surface area contributed by atoms with Crippen LogP contribution >= 0.6 is 0 Å². The van der Waals surface area contributed by atoms with Gasteiger partial charge in [0.05, 0.1) is 12.0 Å². The number of fused-ring (bicyclic) bond motifs is 1. The summed E-state index contributed by atoms with van der Waals surface area (Å²) in [6.07, 6.45) is 7.22. The Hall–Kier alpha value is -1.85. The summed E-state index contributed by atoms with van der Waals surface area (Å²) < 4.78 is 5.31. The van der Waals surface area contributed by atoms with Crippen molar-refractivity contribution in [2.45, 2.75) is 63.3 Å². The Morgan fingerprint density at radius 2 is 1.95 bits per heavy atom. The van der Waals surface area contributed by atoms with Crippen LogP contribution in [0.15, 0.2) is 4.52 Å². The highest BCUT2D eigenvalue weighted by atomic mass is 16.5. The van der Waals surface area contributed by atoms with Crippen molar-refractivity contribution in [2.24, 2.45) is 0 Å². The minimum Gasteiger partial charge on any atom is -0.481 e. The summed E-state index contributed by atoms with van der Waals surface area (Å²) in [7, 11) is 0. The molecule has 0 bridgehead atoms. The van der Waals surface area contributed by atoms with Crippen molar-refractivity contribution in [1.29, 1.82) is 0 Å². The number of carboxylic acid groups (broad SMARTS) is 1. The van der Waals surface area contributed by atoms with Crippen molar-refractivity contribution in [3.05, 3.63) is 17.0 Å². The van der Waals surface area contributed by atoms with E-state index in [1.165, 1.54) is 0 Å². The molecule has 2 aliphatic carbocycles. The standard InChI is InChI=1S/C15H20N2O4/c18-12(19)9-15(7-4-8-15)16-14(20)13-10-5-2-1-3-6-11(10)21-17-13/h1-9H2,(H,16,20)(H,18,19). The van der Waals surface area contributed by atoms with Crippen LogP contribution in [0, 0.1) is 0 Å². The third kappa shape index (κ3) is 2.80. The molecule has 0 radical (unpaired) electrons. The van der Waals surface area contributed by atoms with Gasteiger partial charge < -0.3 is 14.9 Å². The number of aromatic nitrogens is 1. The van der Waals surface area contributed by atoms with Crippen LogP contribution in [0.2, 0.25) is 0 Å². The van der Waals surface area contributed by atoms with Gasteiger partial charge in [-0.3, -0.25) is 9.59 Å². The summed E-state index contributed by atoms with van der Waals surface area (Å²) in [6, 6.07) is 0. The maximum absolute atomic E-state index is 12.5. The maximum Gasteiger partial charge on any atom is 0.305 e. The van der Waals surface area contributed by atoms with E-state index >= 15 is 0 Å². The Labute approximate surface area is 122 Å². The Morgan fingerprint density at radius 3 is 2.62 bits per heavy atom. The molecule has 1 heterocycles. The van der Waals surface area contributed by atoms with E-state index in [1.807, 2.05) is 0 Å². The molecule has 0 aromatic carbocycles. The summed E-state index contributed by atoms with van der Waals surface area (Å²) in [6.45, 7) is 0. The smallest absolute Gasteiger partial charge is 0.305 e. The molecular formula is C15H20N2O4. The molecule has 1 aromatic heterocycles. The third-order valence-electron chi connectivity index (χ3n) is 4.59. The van der Waals surface area contributed by atoms with Gasteiger partial charge >= 0.3 is 5.97 Å². The second-order valence-corrected chi connectivity index (χ2v) is 6.15. The lowest BCUT2D eigenvalue weighted by atomic mass is 9.74. The molecule has 3 rings (SSSR count). The van der Waals surface area contributed by atoms with Gasteiger partial charge in [0.15, 0.2) is 5.69 Å². The number of aliphatic carboxylic acids is 1. The first-order chi connectivity index (χ1) is 10.1. The first kappa shape index (κ1) is 14.1. The van der Waals surface area contributed by atoms with Crippen LogP contribution in [-0.2, 0) is 17.6 Å². The molecule has 0 unspecified atom stereocenters. The van der Waals surface area contributed by atoms with Gasteiger partial charge in [-0.2, -0.15) is 0 Å². The number of nitrogens with one attached hydrogen (secondary N) is 1. The van der Waals surface area contributed by atoms with Gasteiger partial charge in [-0.25, -0.2) is 0 Å². The van der Waals surface area contributed by atoms with E-state index in [1.54, 1.807) is 0 Å². The van der Waals surface area contributed by atoms with Gasteiger partial charge in [0.1, 0.15) is 5.76 Å². The van der Waals surface area contributed by atoms with E-state index < -0.39 is 11.5 Å². The number of hydrogen-bond acceptors (Lipinski definition) is 4. The van der Waals surface area contributed by atoms with Gasteiger partial charge in [-0.1, -0.05) is 11.6 Å². The summed E-state index contributed by atoms with van der Waals surface area (Å²) in [5.74, 6) is -0.352. The molecule has 2 aliphatic rings. The monoisotopic (exact) mass is 292 g/mol. The van der Waals surface area contributed by atoms with Crippen LogP contribution < -0.4 is 5.32 Å². The fourth-order valence-corrected chi connectivity index (χ4v) is 3.28. The topological polar surface area (TPSA) is 92.4 Å². The fraction of sp³-hybridized carbons (Fsp3) is 0.667. The molecule has 21 heavy (non-hydrogen) atoms. The first-order valence-electron chi connectivity index (χ1n) is 7.61. The zero-order chi connectivity index (χ0) is 14.9. The number of carbonyl (C=O) groups excluding carboxylic acids is 1. The molecule has 1 amide bonds. The predicted octanol–water partition coefficient (Wildman–Crippen LogP) is 2.07. The van der Waals surface area contributed by atoms with Crippen LogP contribution in [0.5, 0.6) is 0 Å². The van der Waals surface area contributed by atoms with Gasteiger partial charge in [0, 0.05) is 12.0 Å². The van der Waals surface area contributed by atoms with Crippen molar-refractivity contribution in [1.82, 2.24) is 10.5 Å². The Morgan fingerprint density at radius 1 is 1.19 bits per heavy atom. The molecule has 2 N–H and O–H groups in total. The van der Waals surface area contributed by atoms with E-state index in [-0.39, 0.29) is 12.3 Å². The quantitative estimate of drug-likeness (QED) is 0.829. The highest BCUT2D eigenvalue weighted by Gasteiger charge is 2.41. The van der Waals surface area contributed by atoms with Crippen molar-refractivity contribution in [2.75, 3.05) is 0 Å². The fourth-order valence-electron chi connectivity index (χ4n) is 3.28. The van der Waals surface area contributed by atoms with Crippen LogP contribution in [-0.4, -0.2) is 27.7 Å². The third-order valence-corrected chi connectivity index (χ3v) is 4.59. The number of aryl methyl sites for hydroxylation is 1. The van der Waals surface area contributed by atoms with Crippen molar-refractivity contribution in [3.8, 4) is 0 Å².